The van der Waals surface area contributed by atoms with Crippen LogP contribution in [0.2, 0.25) is 10.0 Å². The minimum Gasteiger partial charge on any atom is -0.462 e. The molecule has 2 amide bonds. The third kappa shape index (κ3) is 3.89. The summed E-state index contributed by atoms with van der Waals surface area (Å²) >= 11 is 13.9. The monoisotopic (exact) mass is 544 g/mol. The third-order valence-corrected chi connectivity index (χ3v) is 8.21. The average molecular weight is 545 g/mol. The number of halogens is 2. The summed E-state index contributed by atoms with van der Waals surface area (Å²) in [7, 11) is 0. The van der Waals surface area contributed by atoms with Crippen LogP contribution in [-0.2, 0) is 19.2 Å². The van der Waals surface area contributed by atoms with Crippen molar-refractivity contribution in [1.29, 1.82) is 0 Å². The molecule has 10 heteroatoms. The number of aryl methyl sites for hydroxylation is 1. The van der Waals surface area contributed by atoms with Gasteiger partial charge >= 0.3 is 5.97 Å². The maximum atomic E-state index is 14.0. The molecule has 3 heterocycles. The first-order valence-electron chi connectivity index (χ1n) is 11.4. The van der Waals surface area contributed by atoms with Crippen molar-refractivity contribution >= 4 is 63.0 Å². The highest BCUT2D eigenvalue weighted by Gasteiger charge is 2.61. The zero-order valence-electron chi connectivity index (χ0n) is 19.7. The van der Waals surface area contributed by atoms with Gasteiger partial charge < -0.3 is 4.74 Å². The Balaban J connectivity index is 1.62. The van der Waals surface area contributed by atoms with Crippen LogP contribution >= 0.6 is 34.5 Å². The number of thiophene rings is 1. The lowest BCUT2D eigenvalue weighted by molar-refractivity contribution is -0.126. The van der Waals surface area contributed by atoms with Gasteiger partial charge in [0, 0.05) is 14.9 Å². The van der Waals surface area contributed by atoms with Gasteiger partial charge in [-0.2, -0.15) is 0 Å². The molecular formula is C26H22Cl2N2O5S. The first-order valence-corrected chi connectivity index (χ1v) is 12.9. The number of imide groups is 1. The predicted molar refractivity (Wildman–Crippen MR) is 139 cm³/mol. The molecule has 3 atom stereocenters. The molecule has 7 nitrogen and oxygen atoms in total. The summed E-state index contributed by atoms with van der Waals surface area (Å²) in [5.41, 5.74) is 2.17. The number of benzene rings is 2. The van der Waals surface area contributed by atoms with E-state index in [0.29, 0.717) is 26.9 Å². The lowest BCUT2D eigenvalue weighted by Crippen LogP contribution is -2.37. The van der Waals surface area contributed by atoms with Crippen molar-refractivity contribution < 1.29 is 24.0 Å². The Kier molecular flexibility index (Phi) is 6.55. The summed E-state index contributed by atoms with van der Waals surface area (Å²) < 4.78 is 5.23. The third-order valence-electron chi connectivity index (χ3n) is 6.46. The van der Waals surface area contributed by atoms with Crippen LogP contribution in [0.25, 0.3) is 0 Å². The van der Waals surface area contributed by atoms with E-state index >= 15 is 0 Å². The quantitative estimate of drug-likeness (QED) is 0.294. The highest BCUT2D eigenvalue weighted by Crippen LogP contribution is 2.50. The Morgan fingerprint density at radius 2 is 1.81 bits per heavy atom. The van der Waals surface area contributed by atoms with Gasteiger partial charge in [0.05, 0.1) is 23.9 Å². The van der Waals surface area contributed by atoms with Gasteiger partial charge in [0.2, 0.25) is 5.91 Å². The molecule has 0 unspecified atom stereocenters. The Labute approximate surface area is 222 Å². The molecule has 5 rings (SSSR count). The number of ether oxygens (including phenoxy) is 1. The maximum absolute atomic E-state index is 14.0. The number of anilines is 2. The van der Waals surface area contributed by atoms with E-state index in [9.17, 15) is 14.4 Å². The molecule has 2 saturated heterocycles. The fraction of sp³-hybridized carbons (Fsp3) is 0.269. The number of carbonyl (C=O) groups excluding carboxylic acids is 3. The summed E-state index contributed by atoms with van der Waals surface area (Å²) in [4.78, 5) is 48.5. The van der Waals surface area contributed by atoms with Gasteiger partial charge in [-0.05, 0) is 56.2 Å². The number of esters is 1. The van der Waals surface area contributed by atoms with Crippen LogP contribution in [0.15, 0.2) is 48.5 Å². The van der Waals surface area contributed by atoms with E-state index < -0.39 is 35.8 Å². The molecule has 0 N–H and O–H groups in total. The van der Waals surface area contributed by atoms with E-state index in [4.69, 9.17) is 32.8 Å². The normalized spacial score (nSPS) is 21.3. The average Bonchev–Trinajstić information content (AvgIpc) is 3.45. The zero-order chi connectivity index (χ0) is 25.7. The van der Waals surface area contributed by atoms with Crippen LogP contribution in [0.3, 0.4) is 0 Å². The highest BCUT2D eigenvalue weighted by molar-refractivity contribution is 7.17. The fourth-order valence-corrected chi connectivity index (χ4v) is 6.36. The van der Waals surface area contributed by atoms with Gasteiger partial charge in [-0.1, -0.05) is 47.5 Å². The molecule has 2 aromatic carbocycles. The standard InChI is InChI=1S/C26H22Cl2N2O5S/c1-4-34-26(33)19-13(2)14(3)36-25(19)29-23(31)20-21(17-11-10-15(27)12-18(17)28)30(35-22(20)24(29)32)16-8-6-5-7-9-16/h5-12,20-22H,4H2,1-3H3/t20-,21-,22-/m0/s1. The number of amides is 2. The lowest BCUT2D eigenvalue weighted by Gasteiger charge is -2.29. The molecule has 3 aromatic rings. The van der Waals surface area contributed by atoms with Gasteiger partial charge in [0.25, 0.3) is 5.91 Å². The van der Waals surface area contributed by atoms with Crippen molar-refractivity contribution in [3.05, 3.63) is 80.1 Å². The first-order chi connectivity index (χ1) is 17.2. The molecule has 0 aliphatic carbocycles. The van der Waals surface area contributed by atoms with Crippen LogP contribution in [0.4, 0.5) is 10.7 Å². The molecule has 36 heavy (non-hydrogen) atoms. The molecular weight excluding hydrogens is 523 g/mol. The second-order valence-corrected chi connectivity index (χ2v) is 10.6. The fourth-order valence-electron chi connectivity index (χ4n) is 4.68. The van der Waals surface area contributed by atoms with E-state index in [1.807, 2.05) is 37.3 Å². The lowest BCUT2D eigenvalue weighted by atomic mass is 9.90. The van der Waals surface area contributed by atoms with E-state index in [2.05, 4.69) is 0 Å². The molecule has 0 bridgehead atoms. The number of carbonyl (C=O) groups is 3. The summed E-state index contributed by atoms with van der Waals surface area (Å²) in [5, 5.41) is 2.62. The number of hydrogen-bond acceptors (Lipinski definition) is 7. The van der Waals surface area contributed by atoms with Crippen LogP contribution < -0.4 is 9.96 Å². The van der Waals surface area contributed by atoms with E-state index in [1.165, 1.54) is 11.3 Å². The molecule has 2 aliphatic rings. The SMILES string of the molecule is CCOC(=O)c1c(N2C(=O)[C@@H]3[C@H](ON(c4ccccc4)[C@H]3c3ccc(Cl)cc3Cl)C2=O)sc(C)c1C. The molecule has 0 radical (unpaired) electrons. The molecule has 0 saturated carbocycles. The molecule has 0 spiro atoms. The van der Waals surface area contributed by atoms with E-state index in [0.717, 1.165) is 9.78 Å². The van der Waals surface area contributed by atoms with Gasteiger partial charge in [-0.25, -0.2) is 14.8 Å². The summed E-state index contributed by atoms with van der Waals surface area (Å²) in [5.74, 6) is -2.47. The maximum Gasteiger partial charge on any atom is 0.341 e. The van der Waals surface area contributed by atoms with Gasteiger partial charge in [-0.15, -0.1) is 11.3 Å². The van der Waals surface area contributed by atoms with Gasteiger partial charge in [-0.3, -0.25) is 14.4 Å². The predicted octanol–water partition coefficient (Wildman–Crippen LogP) is 5.90. The van der Waals surface area contributed by atoms with Crippen molar-refractivity contribution in [2.75, 3.05) is 16.6 Å². The minimum atomic E-state index is -1.09. The first kappa shape index (κ1) is 24.8. The summed E-state index contributed by atoms with van der Waals surface area (Å²) in [6.07, 6.45) is -1.09. The van der Waals surface area contributed by atoms with Crippen LogP contribution in [0.1, 0.15) is 39.3 Å². The Morgan fingerprint density at radius 1 is 1.08 bits per heavy atom. The van der Waals surface area contributed by atoms with Crippen molar-refractivity contribution in [2.24, 2.45) is 5.92 Å². The number of hydroxylamine groups is 1. The second-order valence-electron chi connectivity index (χ2n) is 8.52. The Bertz CT molecular complexity index is 1380. The number of nitrogens with zero attached hydrogens (tertiary/aromatic N) is 2. The van der Waals surface area contributed by atoms with Crippen LogP contribution in [0, 0.1) is 19.8 Å². The molecule has 1 aromatic heterocycles. The topological polar surface area (TPSA) is 76.2 Å². The van der Waals surface area contributed by atoms with E-state index in [-0.39, 0.29) is 17.2 Å². The summed E-state index contributed by atoms with van der Waals surface area (Å²) in [6, 6.07) is 13.5. The van der Waals surface area contributed by atoms with E-state index in [1.54, 1.807) is 37.1 Å². The van der Waals surface area contributed by atoms with Crippen LogP contribution in [0.5, 0.6) is 0 Å². The minimum absolute atomic E-state index is 0.173. The number of para-hydroxylation sites is 1. The molecule has 186 valence electrons. The largest absolute Gasteiger partial charge is 0.462 e. The molecule has 2 aliphatic heterocycles. The summed E-state index contributed by atoms with van der Waals surface area (Å²) in [6.45, 7) is 5.49. The van der Waals surface area contributed by atoms with Crippen molar-refractivity contribution in [3.63, 3.8) is 0 Å². The van der Waals surface area contributed by atoms with Crippen molar-refractivity contribution in [3.8, 4) is 0 Å². The molecule has 2 fully saturated rings. The highest BCUT2D eigenvalue weighted by atomic mass is 35.5. The number of rotatable bonds is 5. The Morgan fingerprint density at radius 3 is 2.47 bits per heavy atom. The number of hydrogen-bond donors (Lipinski definition) is 0. The zero-order valence-corrected chi connectivity index (χ0v) is 22.0. The second kappa shape index (κ2) is 9.52. The smallest absolute Gasteiger partial charge is 0.341 e. The van der Waals surface area contributed by atoms with Crippen molar-refractivity contribution in [2.45, 2.75) is 32.9 Å². The Hall–Kier alpha value is -2.91. The van der Waals surface area contributed by atoms with Crippen LogP contribution in [-0.4, -0.2) is 30.5 Å². The number of fused-ring (bicyclic) bond motifs is 1. The van der Waals surface area contributed by atoms with Crippen molar-refractivity contribution in [1.82, 2.24) is 0 Å². The van der Waals surface area contributed by atoms with Gasteiger partial charge in [0.1, 0.15) is 10.9 Å². The van der Waals surface area contributed by atoms with Gasteiger partial charge in [0.15, 0.2) is 6.10 Å².